The first-order chi connectivity index (χ1) is 10.5. The van der Waals surface area contributed by atoms with E-state index >= 15 is 0 Å². The molecular formula is C15H16FNO5. The second kappa shape index (κ2) is 8.56. The molecule has 7 heteroatoms. The number of ether oxygens (including phenoxy) is 2. The average molecular weight is 309 g/mol. The first-order valence-electron chi connectivity index (χ1n) is 6.36. The number of methoxy groups -OCH3 is 2. The Morgan fingerprint density at radius 2 is 1.82 bits per heavy atom. The molecule has 0 saturated carbocycles. The number of esters is 2. The molecule has 0 aliphatic rings. The standard InChI is InChI=1S/C15H16FNO5/c1-21-13(18)5-3-4-12(15(20)22-2)17-14(19)10-6-8-11(16)9-7-10/h3,5-9,12H,4H2,1-2H3,(H,17,19)/b5-3+/t12-/m1/s1. The van der Waals surface area contributed by atoms with Crippen LogP contribution in [0.5, 0.6) is 0 Å². The van der Waals surface area contributed by atoms with Crippen molar-refractivity contribution in [1.82, 2.24) is 5.32 Å². The SMILES string of the molecule is COC(=O)/C=C/C[C@@H](NC(=O)c1ccc(F)cc1)C(=O)OC. The zero-order chi connectivity index (χ0) is 16.5. The maximum absolute atomic E-state index is 12.8. The quantitative estimate of drug-likeness (QED) is 0.631. The number of hydrogen-bond acceptors (Lipinski definition) is 5. The monoisotopic (exact) mass is 309 g/mol. The van der Waals surface area contributed by atoms with Gasteiger partial charge in [0, 0.05) is 11.6 Å². The van der Waals surface area contributed by atoms with Crippen LogP contribution in [-0.4, -0.2) is 38.1 Å². The maximum atomic E-state index is 12.8. The summed E-state index contributed by atoms with van der Waals surface area (Å²) in [5.74, 6) is -2.26. The summed E-state index contributed by atoms with van der Waals surface area (Å²) in [6.07, 6.45) is 2.58. The minimum atomic E-state index is -0.969. The Bertz CT molecular complexity index is 568. The van der Waals surface area contributed by atoms with Gasteiger partial charge in [-0.2, -0.15) is 0 Å². The van der Waals surface area contributed by atoms with Crippen molar-refractivity contribution < 1.29 is 28.2 Å². The van der Waals surface area contributed by atoms with Gasteiger partial charge in [0.2, 0.25) is 0 Å². The molecule has 0 saturated heterocycles. The molecule has 1 rings (SSSR count). The van der Waals surface area contributed by atoms with Crippen molar-refractivity contribution in [3.05, 3.63) is 47.8 Å². The summed E-state index contributed by atoms with van der Waals surface area (Å²) in [4.78, 5) is 34.6. The van der Waals surface area contributed by atoms with Crippen LogP contribution in [-0.2, 0) is 19.1 Å². The van der Waals surface area contributed by atoms with Crippen LogP contribution in [0, 0.1) is 5.82 Å². The Hall–Kier alpha value is -2.70. The molecule has 0 fully saturated rings. The zero-order valence-electron chi connectivity index (χ0n) is 12.2. The van der Waals surface area contributed by atoms with Gasteiger partial charge in [0.25, 0.3) is 5.91 Å². The van der Waals surface area contributed by atoms with E-state index in [0.29, 0.717) is 0 Å². The van der Waals surface area contributed by atoms with E-state index in [1.165, 1.54) is 32.4 Å². The average Bonchev–Trinajstić information content (AvgIpc) is 2.53. The topological polar surface area (TPSA) is 81.7 Å². The van der Waals surface area contributed by atoms with E-state index < -0.39 is 29.7 Å². The van der Waals surface area contributed by atoms with Crippen LogP contribution in [0.4, 0.5) is 4.39 Å². The molecule has 0 aliphatic carbocycles. The smallest absolute Gasteiger partial charge is 0.330 e. The fourth-order valence-corrected chi connectivity index (χ4v) is 1.57. The lowest BCUT2D eigenvalue weighted by atomic mass is 10.1. The second-order valence-electron chi connectivity index (χ2n) is 4.22. The van der Waals surface area contributed by atoms with Crippen molar-refractivity contribution in [3.63, 3.8) is 0 Å². The lowest BCUT2D eigenvalue weighted by Gasteiger charge is -2.14. The molecule has 0 spiro atoms. The number of hydrogen-bond donors (Lipinski definition) is 1. The maximum Gasteiger partial charge on any atom is 0.330 e. The lowest BCUT2D eigenvalue weighted by molar-refractivity contribution is -0.143. The van der Waals surface area contributed by atoms with Crippen LogP contribution >= 0.6 is 0 Å². The van der Waals surface area contributed by atoms with E-state index in [4.69, 9.17) is 0 Å². The molecule has 1 atom stereocenters. The van der Waals surface area contributed by atoms with E-state index in [0.717, 1.165) is 18.2 Å². The molecule has 6 nitrogen and oxygen atoms in total. The van der Waals surface area contributed by atoms with E-state index in [1.54, 1.807) is 0 Å². The highest BCUT2D eigenvalue weighted by atomic mass is 19.1. The highest BCUT2D eigenvalue weighted by Gasteiger charge is 2.21. The summed E-state index contributed by atoms with van der Waals surface area (Å²) < 4.78 is 21.8. The van der Waals surface area contributed by atoms with Gasteiger partial charge in [0.1, 0.15) is 11.9 Å². The third-order valence-electron chi connectivity index (χ3n) is 2.72. The summed E-state index contributed by atoms with van der Waals surface area (Å²) in [6, 6.07) is 3.90. The van der Waals surface area contributed by atoms with Crippen LogP contribution in [0.2, 0.25) is 0 Å². The van der Waals surface area contributed by atoms with Crippen molar-refractivity contribution >= 4 is 17.8 Å². The lowest BCUT2D eigenvalue weighted by Crippen LogP contribution is -2.41. The van der Waals surface area contributed by atoms with Crippen LogP contribution in [0.15, 0.2) is 36.4 Å². The van der Waals surface area contributed by atoms with Crippen LogP contribution in [0.25, 0.3) is 0 Å². The number of nitrogens with one attached hydrogen (secondary N) is 1. The van der Waals surface area contributed by atoms with Crippen LogP contribution in [0.3, 0.4) is 0 Å². The molecule has 0 heterocycles. The summed E-state index contributed by atoms with van der Waals surface area (Å²) in [5.41, 5.74) is 0.201. The highest BCUT2D eigenvalue weighted by Crippen LogP contribution is 2.05. The Labute approximate surface area is 126 Å². The number of halogens is 1. The van der Waals surface area contributed by atoms with Crippen molar-refractivity contribution in [1.29, 1.82) is 0 Å². The van der Waals surface area contributed by atoms with Gasteiger partial charge in [-0.05, 0) is 30.7 Å². The van der Waals surface area contributed by atoms with Crippen molar-refractivity contribution in [2.45, 2.75) is 12.5 Å². The van der Waals surface area contributed by atoms with Crippen LogP contribution < -0.4 is 5.32 Å². The summed E-state index contributed by atoms with van der Waals surface area (Å²) in [5, 5.41) is 2.46. The summed E-state index contributed by atoms with van der Waals surface area (Å²) in [7, 11) is 2.41. The molecule has 0 bridgehead atoms. The molecule has 1 aromatic rings. The van der Waals surface area contributed by atoms with Crippen molar-refractivity contribution in [2.24, 2.45) is 0 Å². The van der Waals surface area contributed by atoms with Gasteiger partial charge in [0.05, 0.1) is 14.2 Å². The predicted octanol–water partition coefficient (Wildman–Crippen LogP) is 1.22. The number of rotatable bonds is 6. The number of amides is 1. The first kappa shape index (κ1) is 17.4. The third-order valence-corrected chi connectivity index (χ3v) is 2.72. The normalized spacial score (nSPS) is 11.8. The molecule has 1 N–H and O–H groups in total. The highest BCUT2D eigenvalue weighted by molar-refractivity contribution is 5.96. The van der Waals surface area contributed by atoms with Gasteiger partial charge >= 0.3 is 11.9 Å². The van der Waals surface area contributed by atoms with Gasteiger partial charge in [-0.1, -0.05) is 6.08 Å². The summed E-state index contributed by atoms with van der Waals surface area (Å²) >= 11 is 0. The summed E-state index contributed by atoms with van der Waals surface area (Å²) in [6.45, 7) is 0. The molecule has 22 heavy (non-hydrogen) atoms. The van der Waals surface area contributed by atoms with E-state index in [1.807, 2.05) is 0 Å². The molecule has 0 aromatic heterocycles. The molecular weight excluding hydrogens is 293 g/mol. The molecule has 0 radical (unpaired) electrons. The first-order valence-corrected chi connectivity index (χ1v) is 6.36. The fraction of sp³-hybridized carbons (Fsp3) is 0.267. The van der Waals surface area contributed by atoms with Crippen molar-refractivity contribution in [2.75, 3.05) is 14.2 Å². The number of benzene rings is 1. The van der Waals surface area contributed by atoms with Gasteiger partial charge < -0.3 is 14.8 Å². The van der Waals surface area contributed by atoms with Gasteiger partial charge in [-0.15, -0.1) is 0 Å². The largest absolute Gasteiger partial charge is 0.467 e. The molecule has 1 amide bonds. The van der Waals surface area contributed by atoms with E-state index in [-0.39, 0.29) is 12.0 Å². The van der Waals surface area contributed by atoms with Crippen LogP contribution in [0.1, 0.15) is 16.8 Å². The minimum Gasteiger partial charge on any atom is -0.467 e. The van der Waals surface area contributed by atoms with E-state index in [9.17, 15) is 18.8 Å². The number of carbonyl (C=O) groups is 3. The zero-order valence-corrected chi connectivity index (χ0v) is 12.2. The van der Waals surface area contributed by atoms with Gasteiger partial charge in [-0.3, -0.25) is 4.79 Å². The van der Waals surface area contributed by atoms with Crippen molar-refractivity contribution in [3.8, 4) is 0 Å². The molecule has 118 valence electrons. The van der Waals surface area contributed by atoms with Gasteiger partial charge in [-0.25, -0.2) is 14.0 Å². The number of carbonyl (C=O) groups excluding carboxylic acids is 3. The molecule has 0 aliphatic heterocycles. The Morgan fingerprint density at radius 1 is 1.18 bits per heavy atom. The predicted molar refractivity (Wildman–Crippen MR) is 75.4 cm³/mol. The fourth-order valence-electron chi connectivity index (χ4n) is 1.57. The third kappa shape index (κ3) is 5.35. The second-order valence-corrected chi connectivity index (χ2v) is 4.22. The molecule has 0 unspecified atom stereocenters. The minimum absolute atomic E-state index is 0.0503. The Kier molecular flexibility index (Phi) is 6.75. The Morgan fingerprint density at radius 3 is 2.36 bits per heavy atom. The van der Waals surface area contributed by atoms with Gasteiger partial charge in [0.15, 0.2) is 0 Å². The Balaban J connectivity index is 2.74. The molecule has 1 aromatic carbocycles. The van der Waals surface area contributed by atoms with E-state index in [2.05, 4.69) is 14.8 Å².